The molecule has 4 heteroatoms. The van der Waals surface area contributed by atoms with E-state index in [9.17, 15) is 12.8 Å². The van der Waals surface area contributed by atoms with Crippen molar-refractivity contribution >= 4 is 9.84 Å². The van der Waals surface area contributed by atoms with Crippen molar-refractivity contribution in [2.75, 3.05) is 6.26 Å². The molecule has 0 radical (unpaired) electrons. The minimum atomic E-state index is -3.17. The number of sulfone groups is 1. The molecular formula is C13H11FO2S. The maximum atomic E-state index is 12.7. The largest absolute Gasteiger partial charge is 0.224 e. The highest BCUT2D eigenvalue weighted by Crippen LogP contribution is 2.21. The van der Waals surface area contributed by atoms with Crippen LogP contribution in [0, 0.1) is 5.82 Å². The second-order valence-electron chi connectivity index (χ2n) is 3.80. The second-order valence-corrected chi connectivity index (χ2v) is 5.82. The lowest BCUT2D eigenvalue weighted by Crippen LogP contribution is -1.96. The summed E-state index contributed by atoms with van der Waals surface area (Å²) in [5.74, 6) is -0.290. The fourth-order valence-electron chi connectivity index (χ4n) is 1.54. The molecule has 0 amide bonds. The summed E-state index contributed by atoms with van der Waals surface area (Å²) in [6, 6.07) is 12.6. The van der Waals surface area contributed by atoms with E-state index in [1.807, 2.05) is 0 Å². The standard InChI is InChI=1S/C13H11FO2S/c1-17(15,16)13-8-4-11(5-9-13)10-2-6-12(14)7-3-10/h2-9H,1H3. The first kappa shape index (κ1) is 11.8. The van der Waals surface area contributed by atoms with Gasteiger partial charge >= 0.3 is 0 Å². The van der Waals surface area contributed by atoms with Gasteiger partial charge in [0.15, 0.2) is 9.84 Å². The zero-order chi connectivity index (χ0) is 12.5. The molecule has 2 aromatic rings. The normalized spacial score (nSPS) is 11.4. The smallest absolute Gasteiger partial charge is 0.175 e. The Morgan fingerprint density at radius 1 is 0.824 bits per heavy atom. The number of rotatable bonds is 2. The van der Waals surface area contributed by atoms with E-state index >= 15 is 0 Å². The third-order valence-electron chi connectivity index (χ3n) is 2.46. The Morgan fingerprint density at radius 3 is 1.65 bits per heavy atom. The summed E-state index contributed by atoms with van der Waals surface area (Å²) < 4.78 is 35.3. The van der Waals surface area contributed by atoms with Crippen molar-refractivity contribution < 1.29 is 12.8 Å². The average molecular weight is 250 g/mol. The van der Waals surface area contributed by atoms with Gasteiger partial charge in [-0.25, -0.2) is 12.8 Å². The maximum Gasteiger partial charge on any atom is 0.175 e. The van der Waals surface area contributed by atoms with Crippen LogP contribution in [0.4, 0.5) is 4.39 Å². The van der Waals surface area contributed by atoms with E-state index in [0.29, 0.717) is 0 Å². The summed E-state index contributed by atoms with van der Waals surface area (Å²) in [7, 11) is -3.17. The van der Waals surface area contributed by atoms with Crippen molar-refractivity contribution in [3.63, 3.8) is 0 Å². The van der Waals surface area contributed by atoms with Gasteiger partial charge in [-0.1, -0.05) is 24.3 Å². The minimum Gasteiger partial charge on any atom is -0.224 e. The van der Waals surface area contributed by atoms with Gasteiger partial charge < -0.3 is 0 Å². The van der Waals surface area contributed by atoms with Crippen LogP contribution in [0.2, 0.25) is 0 Å². The molecule has 0 saturated carbocycles. The van der Waals surface area contributed by atoms with E-state index in [0.717, 1.165) is 11.1 Å². The van der Waals surface area contributed by atoms with Gasteiger partial charge in [0.1, 0.15) is 5.82 Å². The average Bonchev–Trinajstić information content (AvgIpc) is 2.29. The second kappa shape index (κ2) is 4.30. The molecule has 0 fully saturated rings. The quantitative estimate of drug-likeness (QED) is 0.821. The van der Waals surface area contributed by atoms with Crippen LogP contribution in [0.3, 0.4) is 0 Å². The lowest BCUT2D eigenvalue weighted by molar-refractivity contribution is 0.602. The molecule has 0 N–H and O–H groups in total. The lowest BCUT2D eigenvalue weighted by atomic mass is 10.1. The van der Waals surface area contributed by atoms with Crippen molar-refractivity contribution in [2.45, 2.75) is 4.90 Å². The van der Waals surface area contributed by atoms with Crippen LogP contribution < -0.4 is 0 Å². The zero-order valence-corrected chi connectivity index (χ0v) is 10.0. The molecule has 0 bridgehead atoms. The molecule has 0 atom stereocenters. The van der Waals surface area contributed by atoms with Crippen LogP contribution in [0.5, 0.6) is 0 Å². The van der Waals surface area contributed by atoms with Crippen molar-refractivity contribution in [3.05, 3.63) is 54.3 Å². The Bertz CT molecular complexity index is 613. The molecule has 0 saturated heterocycles. The molecule has 17 heavy (non-hydrogen) atoms. The topological polar surface area (TPSA) is 34.1 Å². The monoisotopic (exact) mass is 250 g/mol. The summed E-state index contributed by atoms with van der Waals surface area (Å²) >= 11 is 0. The van der Waals surface area contributed by atoms with Crippen LogP contribution in [-0.2, 0) is 9.84 Å². The fraction of sp³-hybridized carbons (Fsp3) is 0.0769. The van der Waals surface area contributed by atoms with Crippen LogP contribution in [0.15, 0.2) is 53.4 Å². The molecule has 0 aliphatic heterocycles. The van der Waals surface area contributed by atoms with Crippen LogP contribution in [0.25, 0.3) is 11.1 Å². The molecule has 88 valence electrons. The molecule has 0 spiro atoms. The molecule has 2 nitrogen and oxygen atoms in total. The number of hydrogen-bond acceptors (Lipinski definition) is 2. The zero-order valence-electron chi connectivity index (χ0n) is 9.22. The SMILES string of the molecule is CS(=O)(=O)c1ccc(-c2ccc(F)cc2)cc1. The molecule has 0 aliphatic carbocycles. The first-order chi connectivity index (χ1) is 7.97. The summed E-state index contributed by atoms with van der Waals surface area (Å²) in [5, 5.41) is 0. The number of benzene rings is 2. The van der Waals surface area contributed by atoms with Gasteiger partial charge in [0.25, 0.3) is 0 Å². The van der Waals surface area contributed by atoms with Gasteiger partial charge in [-0.15, -0.1) is 0 Å². The predicted octanol–water partition coefficient (Wildman–Crippen LogP) is 2.90. The van der Waals surface area contributed by atoms with Gasteiger partial charge in [0.05, 0.1) is 4.90 Å². The lowest BCUT2D eigenvalue weighted by Gasteiger charge is -2.03. The third-order valence-corrected chi connectivity index (χ3v) is 3.59. The van der Waals surface area contributed by atoms with Crippen molar-refractivity contribution in [2.24, 2.45) is 0 Å². The summed E-state index contributed by atoms with van der Waals surface area (Å²) in [6.07, 6.45) is 1.17. The molecule has 2 rings (SSSR count). The molecule has 0 aliphatic rings. The van der Waals surface area contributed by atoms with E-state index in [-0.39, 0.29) is 10.7 Å². The van der Waals surface area contributed by atoms with Gasteiger partial charge in [-0.3, -0.25) is 0 Å². The van der Waals surface area contributed by atoms with E-state index in [1.165, 1.54) is 18.4 Å². The number of halogens is 1. The van der Waals surface area contributed by atoms with E-state index in [1.54, 1.807) is 36.4 Å². The summed E-state index contributed by atoms with van der Waals surface area (Å²) in [4.78, 5) is 0.281. The molecule has 0 heterocycles. The minimum absolute atomic E-state index is 0.281. The van der Waals surface area contributed by atoms with Gasteiger partial charge in [0, 0.05) is 6.26 Å². The molecule has 0 unspecified atom stereocenters. The Hall–Kier alpha value is -1.68. The molecular weight excluding hydrogens is 239 g/mol. The van der Waals surface area contributed by atoms with Crippen molar-refractivity contribution in [1.29, 1.82) is 0 Å². The van der Waals surface area contributed by atoms with Crippen molar-refractivity contribution in [1.82, 2.24) is 0 Å². The van der Waals surface area contributed by atoms with Crippen LogP contribution in [-0.4, -0.2) is 14.7 Å². The Morgan fingerprint density at radius 2 is 1.24 bits per heavy atom. The van der Waals surface area contributed by atoms with E-state index in [4.69, 9.17) is 0 Å². The number of hydrogen-bond donors (Lipinski definition) is 0. The molecule has 2 aromatic carbocycles. The first-order valence-corrected chi connectivity index (χ1v) is 6.92. The Balaban J connectivity index is 2.39. The molecule has 0 aromatic heterocycles. The van der Waals surface area contributed by atoms with E-state index < -0.39 is 9.84 Å². The summed E-state index contributed by atoms with van der Waals surface area (Å²) in [5.41, 5.74) is 1.71. The van der Waals surface area contributed by atoms with E-state index in [2.05, 4.69) is 0 Å². The van der Waals surface area contributed by atoms with Gasteiger partial charge in [-0.2, -0.15) is 0 Å². The fourth-order valence-corrected chi connectivity index (χ4v) is 2.17. The van der Waals surface area contributed by atoms with Gasteiger partial charge in [0.2, 0.25) is 0 Å². The van der Waals surface area contributed by atoms with Crippen molar-refractivity contribution in [3.8, 4) is 11.1 Å². The van der Waals surface area contributed by atoms with Gasteiger partial charge in [-0.05, 0) is 35.4 Å². The highest BCUT2D eigenvalue weighted by molar-refractivity contribution is 7.90. The maximum absolute atomic E-state index is 12.7. The highest BCUT2D eigenvalue weighted by atomic mass is 32.2. The third kappa shape index (κ3) is 2.71. The first-order valence-electron chi connectivity index (χ1n) is 5.03. The Kier molecular flexibility index (Phi) is 2.98. The van der Waals surface area contributed by atoms with Crippen LogP contribution in [0.1, 0.15) is 0 Å². The Labute approximate surface area is 99.6 Å². The summed E-state index contributed by atoms with van der Waals surface area (Å²) in [6.45, 7) is 0. The van der Waals surface area contributed by atoms with Crippen LogP contribution >= 0.6 is 0 Å². The highest BCUT2D eigenvalue weighted by Gasteiger charge is 2.06. The predicted molar refractivity (Wildman–Crippen MR) is 64.9 cm³/mol.